The number of aromatic nitrogens is 2. The van der Waals surface area contributed by atoms with E-state index in [0.717, 1.165) is 18.4 Å². The predicted molar refractivity (Wildman–Crippen MR) is 62.4 cm³/mol. The molecule has 0 atom stereocenters. The SMILES string of the molecule is CS(=O)(=O)c1cc2[nH]c(=O)c(C(=O)O)nc2cc1F. The van der Waals surface area contributed by atoms with E-state index >= 15 is 0 Å². The van der Waals surface area contributed by atoms with Gasteiger partial charge in [0.1, 0.15) is 10.7 Å². The molecule has 0 saturated heterocycles. The Morgan fingerprint density at radius 2 is 2.05 bits per heavy atom. The lowest BCUT2D eigenvalue weighted by atomic mass is 10.3. The topological polar surface area (TPSA) is 117 Å². The second-order valence-corrected chi connectivity index (χ2v) is 5.78. The molecule has 0 aliphatic heterocycles. The molecule has 0 fully saturated rings. The first kappa shape index (κ1) is 13.1. The average molecular weight is 286 g/mol. The van der Waals surface area contributed by atoms with Crippen molar-refractivity contribution in [1.82, 2.24) is 9.97 Å². The van der Waals surface area contributed by atoms with E-state index in [9.17, 15) is 22.4 Å². The molecule has 1 aromatic carbocycles. The Morgan fingerprint density at radius 3 is 2.58 bits per heavy atom. The van der Waals surface area contributed by atoms with Crippen molar-refractivity contribution in [2.24, 2.45) is 0 Å². The van der Waals surface area contributed by atoms with Gasteiger partial charge in [-0.2, -0.15) is 0 Å². The zero-order chi connectivity index (χ0) is 14.4. The Kier molecular flexibility index (Phi) is 2.85. The van der Waals surface area contributed by atoms with Crippen molar-refractivity contribution in [3.05, 3.63) is 34.0 Å². The van der Waals surface area contributed by atoms with Gasteiger partial charge in [-0.25, -0.2) is 22.6 Å². The molecular weight excluding hydrogens is 279 g/mol. The lowest BCUT2D eigenvalue weighted by Crippen LogP contribution is -2.20. The first-order chi connectivity index (χ1) is 8.70. The number of carboxylic acids is 1. The van der Waals surface area contributed by atoms with Crippen LogP contribution in [-0.4, -0.2) is 35.7 Å². The zero-order valence-electron chi connectivity index (χ0n) is 9.47. The van der Waals surface area contributed by atoms with Gasteiger partial charge in [-0.3, -0.25) is 4.79 Å². The van der Waals surface area contributed by atoms with E-state index in [1.165, 1.54) is 0 Å². The molecule has 7 nitrogen and oxygen atoms in total. The number of sulfone groups is 1. The molecule has 0 unspecified atom stereocenters. The first-order valence-electron chi connectivity index (χ1n) is 4.87. The van der Waals surface area contributed by atoms with Crippen molar-refractivity contribution < 1.29 is 22.7 Å². The van der Waals surface area contributed by atoms with Crippen molar-refractivity contribution >= 4 is 26.8 Å². The van der Waals surface area contributed by atoms with Gasteiger partial charge in [-0.15, -0.1) is 0 Å². The molecule has 0 aliphatic rings. The number of aromatic carboxylic acids is 1. The number of nitrogens with one attached hydrogen (secondary N) is 1. The molecule has 0 bridgehead atoms. The number of hydrogen-bond donors (Lipinski definition) is 2. The number of carbonyl (C=O) groups is 1. The number of aromatic amines is 1. The van der Waals surface area contributed by atoms with Crippen molar-refractivity contribution in [2.75, 3.05) is 6.26 Å². The lowest BCUT2D eigenvalue weighted by molar-refractivity contribution is 0.0689. The summed E-state index contributed by atoms with van der Waals surface area (Å²) in [7, 11) is -3.81. The number of fused-ring (bicyclic) bond motifs is 1. The maximum absolute atomic E-state index is 13.6. The van der Waals surface area contributed by atoms with Crippen molar-refractivity contribution in [3.63, 3.8) is 0 Å². The van der Waals surface area contributed by atoms with Gasteiger partial charge in [0.2, 0.25) is 5.69 Å². The molecule has 1 heterocycles. The highest BCUT2D eigenvalue weighted by molar-refractivity contribution is 7.90. The van der Waals surface area contributed by atoms with Crippen LogP contribution in [0.2, 0.25) is 0 Å². The van der Waals surface area contributed by atoms with Gasteiger partial charge < -0.3 is 10.1 Å². The Balaban J connectivity index is 2.87. The van der Waals surface area contributed by atoms with E-state index in [-0.39, 0.29) is 11.0 Å². The third-order valence-corrected chi connectivity index (χ3v) is 3.46. The van der Waals surface area contributed by atoms with Crippen LogP contribution in [0.25, 0.3) is 11.0 Å². The Bertz CT molecular complexity index is 856. The molecule has 2 aromatic rings. The fraction of sp³-hybridized carbons (Fsp3) is 0.100. The highest BCUT2D eigenvalue weighted by Gasteiger charge is 2.18. The van der Waals surface area contributed by atoms with E-state index < -0.39 is 37.8 Å². The third kappa shape index (κ3) is 2.32. The van der Waals surface area contributed by atoms with E-state index in [1.54, 1.807) is 0 Å². The number of rotatable bonds is 2. The third-order valence-electron chi connectivity index (χ3n) is 2.35. The number of nitrogens with zero attached hydrogens (tertiary/aromatic N) is 1. The van der Waals surface area contributed by atoms with Gasteiger partial charge in [0.05, 0.1) is 11.0 Å². The van der Waals surface area contributed by atoms with Crippen LogP contribution >= 0.6 is 0 Å². The molecule has 2 N–H and O–H groups in total. The van der Waals surface area contributed by atoms with E-state index in [2.05, 4.69) is 9.97 Å². The number of H-pyrrole nitrogens is 1. The van der Waals surface area contributed by atoms with Gasteiger partial charge in [-0.05, 0) is 6.07 Å². The summed E-state index contributed by atoms with van der Waals surface area (Å²) in [4.78, 5) is 27.1. The number of halogens is 1. The fourth-order valence-electron chi connectivity index (χ4n) is 1.52. The molecule has 0 aliphatic carbocycles. The molecule has 0 radical (unpaired) electrons. The fourth-order valence-corrected chi connectivity index (χ4v) is 2.26. The van der Waals surface area contributed by atoms with Crippen LogP contribution in [0.1, 0.15) is 10.5 Å². The largest absolute Gasteiger partial charge is 0.476 e. The molecule has 0 saturated carbocycles. The number of carboxylic acid groups (broad SMARTS) is 1. The summed E-state index contributed by atoms with van der Waals surface area (Å²) in [5.41, 5.74) is -2.00. The van der Waals surface area contributed by atoms with Crippen LogP contribution in [0, 0.1) is 5.82 Å². The zero-order valence-corrected chi connectivity index (χ0v) is 10.3. The summed E-state index contributed by atoms with van der Waals surface area (Å²) in [6.45, 7) is 0. The molecule has 1 aromatic heterocycles. The van der Waals surface area contributed by atoms with Crippen LogP contribution in [0.15, 0.2) is 21.8 Å². The Morgan fingerprint density at radius 1 is 1.42 bits per heavy atom. The summed E-state index contributed by atoms with van der Waals surface area (Å²) in [5.74, 6) is -2.62. The van der Waals surface area contributed by atoms with Crippen LogP contribution in [-0.2, 0) is 9.84 Å². The number of benzene rings is 1. The summed E-state index contributed by atoms with van der Waals surface area (Å²) < 4.78 is 36.2. The molecule has 0 amide bonds. The van der Waals surface area contributed by atoms with Gasteiger partial charge in [0.15, 0.2) is 9.84 Å². The summed E-state index contributed by atoms with van der Waals surface area (Å²) >= 11 is 0. The second kappa shape index (κ2) is 4.12. The Hall–Kier alpha value is -2.29. The highest BCUT2D eigenvalue weighted by atomic mass is 32.2. The lowest BCUT2D eigenvalue weighted by Gasteiger charge is -2.04. The monoisotopic (exact) mass is 286 g/mol. The minimum Gasteiger partial charge on any atom is -0.476 e. The van der Waals surface area contributed by atoms with Crippen molar-refractivity contribution in [3.8, 4) is 0 Å². The van der Waals surface area contributed by atoms with E-state index in [0.29, 0.717) is 0 Å². The summed E-state index contributed by atoms with van der Waals surface area (Å²) in [6.07, 6.45) is 0.814. The highest BCUT2D eigenvalue weighted by Crippen LogP contribution is 2.19. The molecule has 100 valence electrons. The van der Waals surface area contributed by atoms with E-state index in [1.807, 2.05) is 0 Å². The molecule has 9 heteroatoms. The standard InChI is InChI=1S/C10H7FN2O5S/c1-19(17,18)7-3-6-5(2-4(7)11)12-8(10(15)16)9(14)13-6/h2-3H,1H3,(H,13,14)(H,15,16). The van der Waals surface area contributed by atoms with E-state index in [4.69, 9.17) is 5.11 Å². The number of hydrogen-bond acceptors (Lipinski definition) is 5. The summed E-state index contributed by atoms with van der Waals surface area (Å²) in [6, 6.07) is 1.66. The van der Waals surface area contributed by atoms with Crippen LogP contribution < -0.4 is 5.56 Å². The Labute approximate surface area is 105 Å². The maximum Gasteiger partial charge on any atom is 0.360 e. The molecule has 2 rings (SSSR count). The first-order valence-corrected chi connectivity index (χ1v) is 6.76. The van der Waals surface area contributed by atoms with Gasteiger partial charge in [0.25, 0.3) is 5.56 Å². The molecule has 0 spiro atoms. The van der Waals surface area contributed by atoms with Crippen molar-refractivity contribution in [2.45, 2.75) is 4.90 Å². The minimum absolute atomic E-state index is 0.0585. The normalized spacial score (nSPS) is 11.7. The average Bonchev–Trinajstić information content (AvgIpc) is 2.26. The second-order valence-electron chi connectivity index (χ2n) is 3.79. The van der Waals surface area contributed by atoms with Gasteiger partial charge >= 0.3 is 5.97 Å². The minimum atomic E-state index is -3.81. The molecule has 19 heavy (non-hydrogen) atoms. The van der Waals surface area contributed by atoms with Crippen LogP contribution in [0.3, 0.4) is 0 Å². The smallest absolute Gasteiger partial charge is 0.360 e. The maximum atomic E-state index is 13.6. The van der Waals surface area contributed by atoms with Crippen LogP contribution in [0.4, 0.5) is 4.39 Å². The summed E-state index contributed by atoms with van der Waals surface area (Å²) in [5, 5.41) is 8.71. The quantitative estimate of drug-likeness (QED) is 0.812. The van der Waals surface area contributed by atoms with Crippen molar-refractivity contribution in [1.29, 1.82) is 0 Å². The van der Waals surface area contributed by atoms with Gasteiger partial charge in [0, 0.05) is 12.3 Å². The molecular formula is C10H7FN2O5S. The van der Waals surface area contributed by atoms with Gasteiger partial charge in [-0.1, -0.05) is 0 Å². The predicted octanol–water partition coefficient (Wildman–Crippen LogP) is 0.164. The van der Waals surface area contributed by atoms with Crippen LogP contribution in [0.5, 0.6) is 0 Å².